The van der Waals surface area contributed by atoms with Crippen LogP contribution in [0.2, 0.25) is 0 Å². The maximum absolute atomic E-state index is 11.8. The predicted octanol–water partition coefficient (Wildman–Crippen LogP) is 3.77. The molecule has 4 aromatic rings. The van der Waals surface area contributed by atoms with E-state index in [0.717, 1.165) is 27.8 Å². The van der Waals surface area contributed by atoms with Crippen LogP contribution in [0.4, 0.5) is 5.82 Å². The molecule has 0 aliphatic rings. The Labute approximate surface area is 180 Å². The van der Waals surface area contributed by atoms with E-state index in [9.17, 15) is 4.79 Å². The normalized spacial score (nSPS) is 10.6. The number of carbonyl (C=O) groups excluding carboxylic acids is 1. The number of ether oxygens (including phenoxy) is 1. The van der Waals surface area contributed by atoms with Crippen LogP contribution < -0.4 is 10.1 Å². The van der Waals surface area contributed by atoms with Crippen molar-refractivity contribution in [1.82, 2.24) is 19.9 Å². The largest absolute Gasteiger partial charge is 0.484 e. The number of fused-ring (bicyclic) bond motifs is 1. The van der Waals surface area contributed by atoms with E-state index in [-0.39, 0.29) is 12.5 Å². The van der Waals surface area contributed by atoms with Crippen molar-refractivity contribution < 1.29 is 9.53 Å². The van der Waals surface area contributed by atoms with Crippen molar-refractivity contribution >= 4 is 22.6 Å². The molecule has 0 radical (unpaired) electrons. The molecule has 7 nitrogen and oxygen atoms in total. The van der Waals surface area contributed by atoms with E-state index in [0.29, 0.717) is 18.1 Å². The van der Waals surface area contributed by atoms with Crippen LogP contribution in [0.1, 0.15) is 5.56 Å². The third kappa shape index (κ3) is 4.95. The molecule has 31 heavy (non-hydrogen) atoms. The van der Waals surface area contributed by atoms with Gasteiger partial charge in [0.2, 0.25) is 0 Å². The van der Waals surface area contributed by atoms with Gasteiger partial charge in [0.05, 0.1) is 5.52 Å². The molecule has 0 atom stereocenters. The average molecular weight is 413 g/mol. The zero-order chi connectivity index (χ0) is 21.6. The molecule has 4 rings (SSSR count). The fourth-order valence-electron chi connectivity index (χ4n) is 3.04. The Bertz CT molecular complexity index is 1190. The highest BCUT2D eigenvalue weighted by Gasteiger charge is 2.10. The van der Waals surface area contributed by atoms with E-state index in [1.54, 1.807) is 26.5 Å². The molecule has 0 saturated heterocycles. The topological polar surface area (TPSA) is 80.2 Å². The first kappa shape index (κ1) is 20.3. The number of anilines is 1. The van der Waals surface area contributed by atoms with Crippen LogP contribution in [0.3, 0.4) is 0 Å². The highest BCUT2D eigenvalue weighted by Crippen LogP contribution is 2.25. The molecule has 2 aromatic heterocycles. The lowest BCUT2D eigenvalue weighted by Crippen LogP contribution is -2.27. The number of rotatable bonds is 7. The lowest BCUT2D eigenvalue weighted by atomic mass is 10.2. The second-order valence-electron chi connectivity index (χ2n) is 7.23. The highest BCUT2D eigenvalue weighted by molar-refractivity contribution is 5.90. The number of benzene rings is 2. The molecule has 2 aromatic carbocycles. The number of hydrogen-bond acceptors (Lipinski definition) is 6. The van der Waals surface area contributed by atoms with E-state index in [2.05, 4.69) is 15.3 Å². The predicted molar refractivity (Wildman–Crippen MR) is 121 cm³/mol. The first-order valence-electron chi connectivity index (χ1n) is 9.93. The Morgan fingerprint density at radius 2 is 1.90 bits per heavy atom. The zero-order valence-corrected chi connectivity index (χ0v) is 17.4. The van der Waals surface area contributed by atoms with E-state index in [4.69, 9.17) is 9.72 Å². The molecule has 1 N–H and O–H groups in total. The van der Waals surface area contributed by atoms with E-state index >= 15 is 0 Å². The first-order chi connectivity index (χ1) is 15.1. The minimum Gasteiger partial charge on any atom is -0.484 e. The highest BCUT2D eigenvalue weighted by atomic mass is 16.5. The Morgan fingerprint density at radius 3 is 2.71 bits per heavy atom. The van der Waals surface area contributed by atoms with Gasteiger partial charge in [0, 0.05) is 44.0 Å². The number of aromatic nitrogens is 3. The Kier molecular flexibility index (Phi) is 6.03. The third-order valence-corrected chi connectivity index (χ3v) is 4.74. The van der Waals surface area contributed by atoms with Crippen LogP contribution in [0.15, 0.2) is 73.1 Å². The molecule has 1 amide bonds. The van der Waals surface area contributed by atoms with Crippen LogP contribution in [0, 0.1) is 0 Å². The van der Waals surface area contributed by atoms with Crippen molar-refractivity contribution in [3.05, 3.63) is 78.6 Å². The second kappa shape index (κ2) is 9.21. The number of para-hydroxylation sites is 1. The summed E-state index contributed by atoms with van der Waals surface area (Å²) in [4.78, 5) is 26.9. The third-order valence-electron chi connectivity index (χ3n) is 4.74. The number of nitrogens with one attached hydrogen (secondary N) is 1. The first-order valence-corrected chi connectivity index (χ1v) is 9.93. The minimum atomic E-state index is -0.0843. The van der Waals surface area contributed by atoms with Gasteiger partial charge in [-0.1, -0.05) is 24.3 Å². The van der Waals surface area contributed by atoms with Gasteiger partial charge in [0.25, 0.3) is 5.91 Å². The molecule has 0 saturated carbocycles. The monoisotopic (exact) mass is 413 g/mol. The van der Waals surface area contributed by atoms with Gasteiger partial charge in [-0.25, -0.2) is 9.97 Å². The maximum atomic E-state index is 11.8. The molecule has 2 heterocycles. The fourth-order valence-corrected chi connectivity index (χ4v) is 3.04. The van der Waals surface area contributed by atoms with Crippen LogP contribution >= 0.6 is 0 Å². The van der Waals surface area contributed by atoms with Crippen LogP contribution in [0.5, 0.6) is 5.75 Å². The number of nitrogens with zero attached hydrogens (tertiary/aromatic N) is 4. The summed E-state index contributed by atoms with van der Waals surface area (Å²) in [5.74, 6) is 1.93. The van der Waals surface area contributed by atoms with Crippen molar-refractivity contribution in [2.75, 3.05) is 26.0 Å². The lowest BCUT2D eigenvalue weighted by molar-refractivity contribution is -0.130. The molecular formula is C24H23N5O2. The summed E-state index contributed by atoms with van der Waals surface area (Å²) in [6.45, 7) is 0.557. The van der Waals surface area contributed by atoms with Gasteiger partial charge in [0.15, 0.2) is 12.4 Å². The van der Waals surface area contributed by atoms with Gasteiger partial charge in [-0.05, 0) is 42.0 Å². The van der Waals surface area contributed by atoms with Crippen LogP contribution in [0.25, 0.3) is 22.3 Å². The number of likely N-dealkylation sites (N-methyl/N-ethyl adjacent to an activating group) is 1. The molecule has 7 heteroatoms. The summed E-state index contributed by atoms with van der Waals surface area (Å²) in [5, 5.41) is 4.37. The molecule has 0 bridgehead atoms. The van der Waals surface area contributed by atoms with Crippen molar-refractivity contribution in [3.8, 4) is 17.1 Å². The average Bonchev–Trinajstić information content (AvgIpc) is 2.81. The summed E-state index contributed by atoms with van der Waals surface area (Å²) in [6.07, 6.45) is 3.48. The standard InChI is InChI=1S/C24H23N5O2/c1-29(2)22(30)16-31-19-9-5-7-17(13-19)14-26-24-20-10-3-4-11-21(20)27-23(28-24)18-8-6-12-25-15-18/h3-13,15H,14,16H2,1-2H3,(H,26,27,28). The molecule has 0 unspecified atom stereocenters. The van der Waals surface area contributed by atoms with Gasteiger partial charge in [-0.3, -0.25) is 9.78 Å². The van der Waals surface area contributed by atoms with Crippen LogP contribution in [-0.4, -0.2) is 46.5 Å². The van der Waals surface area contributed by atoms with Gasteiger partial charge >= 0.3 is 0 Å². The number of pyridine rings is 1. The van der Waals surface area contributed by atoms with Gasteiger partial charge in [-0.2, -0.15) is 0 Å². The van der Waals surface area contributed by atoms with Crippen molar-refractivity contribution in [2.45, 2.75) is 6.54 Å². The zero-order valence-electron chi connectivity index (χ0n) is 17.4. The summed E-state index contributed by atoms with van der Waals surface area (Å²) in [6, 6.07) is 19.4. The van der Waals surface area contributed by atoms with Crippen molar-refractivity contribution in [1.29, 1.82) is 0 Å². The summed E-state index contributed by atoms with van der Waals surface area (Å²) >= 11 is 0. The van der Waals surface area contributed by atoms with Gasteiger partial charge in [0.1, 0.15) is 11.6 Å². The van der Waals surface area contributed by atoms with Crippen LogP contribution in [-0.2, 0) is 11.3 Å². The molecular weight excluding hydrogens is 390 g/mol. The molecule has 0 fully saturated rings. The van der Waals surface area contributed by atoms with Gasteiger partial charge in [-0.15, -0.1) is 0 Å². The Hall–Kier alpha value is -4.00. The van der Waals surface area contributed by atoms with Crippen molar-refractivity contribution in [3.63, 3.8) is 0 Å². The Morgan fingerprint density at radius 1 is 1.03 bits per heavy atom. The van der Waals surface area contributed by atoms with Gasteiger partial charge < -0.3 is 15.0 Å². The SMILES string of the molecule is CN(C)C(=O)COc1cccc(CNc2nc(-c3cccnc3)nc3ccccc23)c1. The summed E-state index contributed by atoms with van der Waals surface area (Å²) < 4.78 is 5.62. The lowest BCUT2D eigenvalue weighted by Gasteiger charge is -2.13. The summed E-state index contributed by atoms with van der Waals surface area (Å²) in [7, 11) is 3.41. The van der Waals surface area contributed by atoms with E-state index in [1.165, 1.54) is 4.90 Å². The van der Waals surface area contributed by atoms with Crippen molar-refractivity contribution in [2.24, 2.45) is 0 Å². The number of amides is 1. The molecule has 0 spiro atoms. The summed E-state index contributed by atoms with van der Waals surface area (Å²) in [5.41, 5.74) is 2.73. The number of carbonyl (C=O) groups is 1. The Balaban J connectivity index is 1.55. The second-order valence-corrected chi connectivity index (χ2v) is 7.23. The smallest absolute Gasteiger partial charge is 0.259 e. The minimum absolute atomic E-state index is 0.00883. The van der Waals surface area contributed by atoms with E-state index in [1.807, 2.05) is 60.7 Å². The quantitative estimate of drug-likeness (QED) is 0.497. The molecule has 0 aliphatic carbocycles. The number of hydrogen-bond donors (Lipinski definition) is 1. The fraction of sp³-hybridized carbons (Fsp3) is 0.167. The molecule has 0 aliphatic heterocycles. The van der Waals surface area contributed by atoms with E-state index < -0.39 is 0 Å². The maximum Gasteiger partial charge on any atom is 0.259 e. The molecule has 156 valence electrons.